The molecule has 0 radical (unpaired) electrons. The van der Waals surface area contributed by atoms with Crippen LogP contribution in [0.15, 0.2) is 173 Å². The summed E-state index contributed by atoms with van der Waals surface area (Å²) in [6, 6.07) is 51.8. The van der Waals surface area contributed by atoms with E-state index in [2.05, 4.69) is 83.8 Å². The topological polar surface area (TPSA) is 65.0 Å². The van der Waals surface area contributed by atoms with E-state index >= 15 is 0 Å². The highest BCUT2D eigenvalue weighted by molar-refractivity contribution is 6.17. The van der Waals surface area contributed by atoms with Gasteiger partial charge in [-0.2, -0.15) is 0 Å². The van der Waals surface area contributed by atoms with Crippen LogP contribution in [-0.4, -0.2) is 15.0 Å². The molecule has 10 aromatic rings. The predicted octanol–water partition coefficient (Wildman–Crippen LogP) is 12.0. The Balaban J connectivity index is 1.23. The molecular formula is C45H27N3O2. The third-order valence-electron chi connectivity index (χ3n) is 9.44. The molecule has 10 rings (SSSR count). The average molecular weight is 642 g/mol. The predicted molar refractivity (Wildman–Crippen MR) is 202 cm³/mol. The van der Waals surface area contributed by atoms with E-state index in [4.69, 9.17) is 18.8 Å². The normalized spacial score (nSPS) is 11.6. The molecule has 0 spiro atoms. The molecule has 0 aliphatic carbocycles. The van der Waals surface area contributed by atoms with Gasteiger partial charge in [0.25, 0.3) is 0 Å². The monoisotopic (exact) mass is 641 g/mol. The highest BCUT2D eigenvalue weighted by atomic mass is 16.3. The first kappa shape index (κ1) is 28.2. The van der Waals surface area contributed by atoms with Crippen LogP contribution in [0.2, 0.25) is 0 Å². The van der Waals surface area contributed by atoms with Gasteiger partial charge in [0, 0.05) is 56.2 Å². The maximum Gasteiger partial charge on any atom is 0.161 e. The van der Waals surface area contributed by atoms with Crippen molar-refractivity contribution < 1.29 is 8.83 Å². The van der Waals surface area contributed by atoms with E-state index in [1.165, 1.54) is 0 Å². The number of rotatable bonds is 5. The molecule has 4 aromatic heterocycles. The quantitative estimate of drug-likeness (QED) is 0.187. The molecule has 6 aromatic carbocycles. The smallest absolute Gasteiger partial charge is 0.161 e. The lowest BCUT2D eigenvalue weighted by atomic mass is 9.95. The van der Waals surface area contributed by atoms with Crippen LogP contribution in [0.1, 0.15) is 0 Å². The van der Waals surface area contributed by atoms with Crippen LogP contribution in [0.4, 0.5) is 0 Å². The highest BCUT2D eigenvalue weighted by Gasteiger charge is 2.21. The first-order chi connectivity index (χ1) is 24.8. The van der Waals surface area contributed by atoms with Crippen LogP contribution in [0.5, 0.6) is 0 Å². The third-order valence-corrected chi connectivity index (χ3v) is 9.44. The van der Waals surface area contributed by atoms with Crippen molar-refractivity contribution in [3.05, 3.63) is 164 Å². The standard InChI is InChI=1S/C45H27N3O2/c1-2-10-29(11-3-1)38-27-39(48-45(47-38)34-14-5-4-12-31(34)28-22-24-46-25-23-28)35-20-19-32(44-43(35)36-15-7-9-17-41(36)50-44)30-18-21-42-37(26-30)33-13-6-8-16-40(33)49-42/h1-27H. The van der Waals surface area contributed by atoms with Gasteiger partial charge >= 0.3 is 0 Å². The van der Waals surface area contributed by atoms with Gasteiger partial charge in [0.1, 0.15) is 22.3 Å². The molecule has 0 aliphatic heterocycles. The van der Waals surface area contributed by atoms with Gasteiger partial charge in [-0.15, -0.1) is 0 Å². The number of pyridine rings is 1. The van der Waals surface area contributed by atoms with E-state index in [0.29, 0.717) is 5.82 Å². The summed E-state index contributed by atoms with van der Waals surface area (Å²) >= 11 is 0. The molecule has 234 valence electrons. The van der Waals surface area contributed by atoms with E-state index in [1.807, 2.05) is 85.2 Å². The number of aromatic nitrogens is 3. The molecule has 0 amide bonds. The summed E-state index contributed by atoms with van der Waals surface area (Å²) in [5.41, 5.74) is 12.1. The Kier molecular flexibility index (Phi) is 6.42. The van der Waals surface area contributed by atoms with Gasteiger partial charge in [-0.3, -0.25) is 4.98 Å². The van der Waals surface area contributed by atoms with Gasteiger partial charge in [0.05, 0.1) is 11.4 Å². The zero-order chi connectivity index (χ0) is 33.0. The summed E-state index contributed by atoms with van der Waals surface area (Å²) in [5.74, 6) is 0.649. The minimum absolute atomic E-state index is 0.649. The minimum atomic E-state index is 0.649. The first-order valence-corrected chi connectivity index (χ1v) is 16.6. The van der Waals surface area contributed by atoms with E-state index in [0.717, 1.165) is 94.2 Å². The van der Waals surface area contributed by atoms with Crippen molar-refractivity contribution in [2.45, 2.75) is 0 Å². The molecule has 0 bridgehead atoms. The SMILES string of the molecule is c1ccc(-c2cc(-c3ccc(-c4ccc5oc6ccccc6c5c4)c4oc5ccccc5c34)nc(-c3ccccc3-c3ccncc3)n2)cc1. The number of hydrogen-bond acceptors (Lipinski definition) is 5. The first-order valence-electron chi connectivity index (χ1n) is 16.6. The van der Waals surface area contributed by atoms with Crippen LogP contribution in [0.25, 0.3) is 100 Å². The fourth-order valence-electron chi connectivity index (χ4n) is 7.09. The van der Waals surface area contributed by atoms with Gasteiger partial charge < -0.3 is 8.83 Å². The second-order valence-corrected chi connectivity index (χ2v) is 12.4. The Labute approximate surface area is 287 Å². The Bertz CT molecular complexity index is 2870. The summed E-state index contributed by atoms with van der Waals surface area (Å²) in [5, 5.41) is 4.22. The van der Waals surface area contributed by atoms with Crippen LogP contribution in [0, 0.1) is 0 Å². The molecule has 0 aliphatic rings. The Morgan fingerprint density at radius 2 is 1.04 bits per heavy atom. The number of hydrogen-bond donors (Lipinski definition) is 0. The molecule has 5 heteroatoms. The molecule has 0 saturated heterocycles. The van der Waals surface area contributed by atoms with Gasteiger partial charge in [0.2, 0.25) is 0 Å². The second-order valence-electron chi connectivity index (χ2n) is 12.4. The largest absolute Gasteiger partial charge is 0.456 e. The van der Waals surface area contributed by atoms with Crippen molar-refractivity contribution in [1.82, 2.24) is 15.0 Å². The summed E-state index contributed by atoms with van der Waals surface area (Å²) in [7, 11) is 0. The number of fused-ring (bicyclic) bond motifs is 6. The van der Waals surface area contributed by atoms with Crippen LogP contribution in [-0.2, 0) is 0 Å². The molecule has 50 heavy (non-hydrogen) atoms. The van der Waals surface area contributed by atoms with Crippen molar-refractivity contribution >= 4 is 43.9 Å². The molecule has 0 N–H and O–H groups in total. The molecular weight excluding hydrogens is 615 g/mol. The highest BCUT2D eigenvalue weighted by Crippen LogP contribution is 2.43. The lowest BCUT2D eigenvalue weighted by molar-refractivity contribution is 0.668. The summed E-state index contributed by atoms with van der Waals surface area (Å²) in [6.07, 6.45) is 3.63. The fraction of sp³-hybridized carbons (Fsp3) is 0. The van der Waals surface area contributed by atoms with Gasteiger partial charge in [-0.05, 0) is 65.2 Å². The molecule has 0 atom stereocenters. The zero-order valence-electron chi connectivity index (χ0n) is 26.7. The van der Waals surface area contributed by atoms with E-state index in [9.17, 15) is 0 Å². The van der Waals surface area contributed by atoms with Crippen LogP contribution < -0.4 is 0 Å². The van der Waals surface area contributed by atoms with E-state index in [-0.39, 0.29) is 0 Å². The van der Waals surface area contributed by atoms with E-state index < -0.39 is 0 Å². The maximum absolute atomic E-state index is 6.72. The molecule has 4 heterocycles. The zero-order valence-corrected chi connectivity index (χ0v) is 26.7. The number of nitrogens with zero attached hydrogens (tertiary/aromatic N) is 3. The van der Waals surface area contributed by atoms with Crippen molar-refractivity contribution in [1.29, 1.82) is 0 Å². The van der Waals surface area contributed by atoms with Gasteiger partial charge in [-0.25, -0.2) is 9.97 Å². The minimum Gasteiger partial charge on any atom is -0.456 e. The molecule has 0 saturated carbocycles. The van der Waals surface area contributed by atoms with Crippen molar-refractivity contribution in [3.63, 3.8) is 0 Å². The van der Waals surface area contributed by atoms with Crippen molar-refractivity contribution in [2.24, 2.45) is 0 Å². The fourth-order valence-corrected chi connectivity index (χ4v) is 7.09. The van der Waals surface area contributed by atoms with Crippen molar-refractivity contribution in [3.8, 4) is 56.2 Å². The maximum atomic E-state index is 6.72. The Hall–Kier alpha value is -6.85. The lowest BCUT2D eigenvalue weighted by Crippen LogP contribution is -1.98. The summed E-state index contributed by atoms with van der Waals surface area (Å²) in [6.45, 7) is 0. The summed E-state index contributed by atoms with van der Waals surface area (Å²) < 4.78 is 12.9. The Morgan fingerprint density at radius 3 is 1.88 bits per heavy atom. The van der Waals surface area contributed by atoms with Gasteiger partial charge in [-0.1, -0.05) is 103 Å². The molecule has 0 fully saturated rings. The molecule has 0 unspecified atom stereocenters. The third kappa shape index (κ3) is 4.60. The second kappa shape index (κ2) is 11.4. The van der Waals surface area contributed by atoms with Crippen molar-refractivity contribution in [2.75, 3.05) is 0 Å². The Morgan fingerprint density at radius 1 is 0.380 bits per heavy atom. The van der Waals surface area contributed by atoms with Gasteiger partial charge in [0.15, 0.2) is 5.82 Å². The van der Waals surface area contributed by atoms with Crippen LogP contribution >= 0.6 is 0 Å². The van der Waals surface area contributed by atoms with E-state index in [1.54, 1.807) is 0 Å². The summed E-state index contributed by atoms with van der Waals surface area (Å²) in [4.78, 5) is 14.7. The average Bonchev–Trinajstić information content (AvgIpc) is 3.77. The number of para-hydroxylation sites is 2. The lowest BCUT2D eigenvalue weighted by Gasteiger charge is -2.14. The molecule has 5 nitrogen and oxygen atoms in total. The van der Waals surface area contributed by atoms with Crippen LogP contribution in [0.3, 0.4) is 0 Å². The number of benzene rings is 6. The number of furan rings is 2.